The van der Waals surface area contributed by atoms with Crippen molar-refractivity contribution in [3.8, 4) is 6.07 Å². The van der Waals surface area contributed by atoms with Crippen LogP contribution in [0.1, 0.15) is 32.6 Å². The summed E-state index contributed by atoms with van der Waals surface area (Å²) in [6, 6.07) is 8.61. The molecule has 1 saturated carbocycles. The molecule has 90 valence electrons. The summed E-state index contributed by atoms with van der Waals surface area (Å²) in [7, 11) is 0. The van der Waals surface area contributed by atoms with E-state index in [2.05, 4.69) is 18.3 Å². The van der Waals surface area contributed by atoms with Gasteiger partial charge in [-0.1, -0.05) is 13.3 Å². The molecule has 2 atom stereocenters. The predicted molar refractivity (Wildman–Crippen MR) is 66.0 cm³/mol. The van der Waals surface area contributed by atoms with Crippen molar-refractivity contribution in [1.29, 1.82) is 5.26 Å². The number of benzene rings is 1. The van der Waals surface area contributed by atoms with Gasteiger partial charge in [0.2, 0.25) is 0 Å². The molecule has 1 aromatic carbocycles. The van der Waals surface area contributed by atoms with Gasteiger partial charge in [0.05, 0.1) is 6.07 Å². The van der Waals surface area contributed by atoms with Crippen LogP contribution in [0.2, 0.25) is 0 Å². The number of anilines is 1. The smallest absolute Gasteiger partial charge is 0.125 e. The summed E-state index contributed by atoms with van der Waals surface area (Å²) in [5.74, 6) is 0.377. The van der Waals surface area contributed by atoms with Crippen LogP contribution < -0.4 is 5.32 Å². The summed E-state index contributed by atoms with van der Waals surface area (Å²) >= 11 is 0. The van der Waals surface area contributed by atoms with Gasteiger partial charge in [-0.05, 0) is 49.4 Å². The van der Waals surface area contributed by atoms with Crippen LogP contribution in [0.5, 0.6) is 0 Å². The van der Waals surface area contributed by atoms with Crippen molar-refractivity contribution in [2.45, 2.75) is 38.1 Å². The lowest BCUT2D eigenvalue weighted by molar-refractivity contribution is 0.503. The molecule has 1 N–H and O–H groups in total. The fourth-order valence-electron chi connectivity index (χ4n) is 2.55. The Labute approximate surface area is 101 Å². The molecule has 3 heteroatoms. The number of hydrogen-bond donors (Lipinski definition) is 1. The second-order valence-corrected chi connectivity index (χ2v) is 4.84. The second-order valence-electron chi connectivity index (χ2n) is 4.84. The van der Waals surface area contributed by atoms with E-state index < -0.39 is 5.54 Å². The Morgan fingerprint density at radius 3 is 2.71 bits per heavy atom. The zero-order valence-corrected chi connectivity index (χ0v) is 10.0. The van der Waals surface area contributed by atoms with Crippen molar-refractivity contribution in [2.24, 2.45) is 5.92 Å². The van der Waals surface area contributed by atoms with Gasteiger partial charge in [-0.3, -0.25) is 0 Å². The van der Waals surface area contributed by atoms with Crippen molar-refractivity contribution < 1.29 is 4.39 Å². The van der Waals surface area contributed by atoms with Gasteiger partial charge < -0.3 is 5.32 Å². The summed E-state index contributed by atoms with van der Waals surface area (Å²) in [6.07, 6.45) is 3.98. The maximum Gasteiger partial charge on any atom is 0.125 e. The number of halogens is 1. The third-order valence-electron chi connectivity index (χ3n) is 3.64. The topological polar surface area (TPSA) is 35.8 Å². The zero-order chi connectivity index (χ0) is 12.3. The van der Waals surface area contributed by atoms with Crippen molar-refractivity contribution in [1.82, 2.24) is 0 Å². The molecule has 0 aliphatic heterocycles. The van der Waals surface area contributed by atoms with Gasteiger partial charge in [-0.15, -0.1) is 0 Å². The number of nitriles is 1. The van der Waals surface area contributed by atoms with E-state index in [-0.39, 0.29) is 5.82 Å². The summed E-state index contributed by atoms with van der Waals surface area (Å²) in [5, 5.41) is 12.6. The van der Waals surface area contributed by atoms with E-state index in [9.17, 15) is 9.65 Å². The Morgan fingerprint density at radius 1 is 1.47 bits per heavy atom. The van der Waals surface area contributed by atoms with Crippen LogP contribution in [0.3, 0.4) is 0 Å². The molecule has 0 aromatic heterocycles. The first-order valence-electron chi connectivity index (χ1n) is 6.12. The second kappa shape index (κ2) is 4.75. The number of hydrogen-bond acceptors (Lipinski definition) is 2. The molecule has 17 heavy (non-hydrogen) atoms. The third-order valence-corrected chi connectivity index (χ3v) is 3.64. The fraction of sp³-hybridized carbons (Fsp3) is 0.500. The highest BCUT2D eigenvalue weighted by Gasteiger charge is 2.38. The lowest BCUT2D eigenvalue weighted by atomic mass is 9.96. The Kier molecular flexibility index (Phi) is 3.33. The maximum absolute atomic E-state index is 12.8. The minimum Gasteiger partial charge on any atom is -0.367 e. The number of rotatable bonds is 3. The van der Waals surface area contributed by atoms with Gasteiger partial charge in [0.15, 0.2) is 0 Å². The summed E-state index contributed by atoms with van der Waals surface area (Å²) in [5.41, 5.74) is 0.364. The molecule has 0 amide bonds. The molecule has 1 aliphatic carbocycles. The highest BCUT2D eigenvalue weighted by molar-refractivity contribution is 5.48. The SMILES string of the molecule is CCC1CCC(C#N)(Nc2ccc(F)cc2)C1. The van der Waals surface area contributed by atoms with Gasteiger partial charge in [0, 0.05) is 5.69 Å². The van der Waals surface area contributed by atoms with Gasteiger partial charge in [0.25, 0.3) is 0 Å². The van der Waals surface area contributed by atoms with Gasteiger partial charge in [-0.25, -0.2) is 4.39 Å². The lowest BCUT2D eigenvalue weighted by Crippen LogP contribution is -2.33. The predicted octanol–water partition coefficient (Wildman–Crippen LogP) is 3.71. The van der Waals surface area contributed by atoms with Crippen LogP contribution in [-0.2, 0) is 0 Å². The molecule has 0 radical (unpaired) electrons. The standard InChI is InChI=1S/C14H17FN2/c1-2-11-7-8-14(9-11,10-16)17-13-5-3-12(15)4-6-13/h3-6,11,17H,2,7-9H2,1H3. The van der Waals surface area contributed by atoms with Crippen LogP contribution >= 0.6 is 0 Å². The molecule has 0 bridgehead atoms. The fourth-order valence-corrected chi connectivity index (χ4v) is 2.55. The normalized spacial score (nSPS) is 27.7. The largest absolute Gasteiger partial charge is 0.367 e. The Balaban J connectivity index is 2.11. The molecule has 0 heterocycles. The van der Waals surface area contributed by atoms with Gasteiger partial charge in [-0.2, -0.15) is 5.26 Å². The Bertz CT molecular complexity index is 421. The molecule has 0 saturated heterocycles. The average molecular weight is 232 g/mol. The van der Waals surface area contributed by atoms with Gasteiger partial charge >= 0.3 is 0 Å². The van der Waals surface area contributed by atoms with E-state index in [0.717, 1.165) is 31.4 Å². The van der Waals surface area contributed by atoms with Crippen LogP contribution in [0.25, 0.3) is 0 Å². The summed E-state index contributed by atoms with van der Waals surface area (Å²) in [4.78, 5) is 0. The monoisotopic (exact) mass is 232 g/mol. The minimum absolute atomic E-state index is 0.251. The first kappa shape index (κ1) is 11.9. The van der Waals surface area contributed by atoms with E-state index >= 15 is 0 Å². The third kappa shape index (κ3) is 2.58. The van der Waals surface area contributed by atoms with Crippen LogP contribution in [0.15, 0.2) is 24.3 Å². The van der Waals surface area contributed by atoms with Gasteiger partial charge in [0.1, 0.15) is 11.4 Å². The highest BCUT2D eigenvalue weighted by Crippen LogP contribution is 2.38. The van der Waals surface area contributed by atoms with Crippen molar-refractivity contribution in [2.75, 3.05) is 5.32 Å². The van der Waals surface area contributed by atoms with E-state index in [1.165, 1.54) is 12.1 Å². The number of nitrogens with one attached hydrogen (secondary N) is 1. The van der Waals surface area contributed by atoms with Crippen LogP contribution in [0, 0.1) is 23.1 Å². The number of nitrogens with zero attached hydrogens (tertiary/aromatic N) is 1. The van der Waals surface area contributed by atoms with E-state index in [0.29, 0.717) is 5.92 Å². The van der Waals surface area contributed by atoms with E-state index in [1.807, 2.05) is 0 Å². The van der Waals surface area contributed by atoms with E-state index in [4.69, 9.17) is 0 Å². The maximum atomic E-state index is 12.8. The molecule has 0 spiro atoms. The minimum atomic E-state index is -0.460. The molecule has 1 aliphatic rings. The van der Waals surface area contributed by atoms with Crippen LogP contribution in [0.4, 0.5) is 10.1 Å². The first-order chi connectivity index (χ1) is 8.17. The molecule has 2 unspecified atom stereocenters. The van der Waals surface area contributed by atoms with Crippen molar-refractivity contribution in [3.63, 3.8) is 0 Å². The summed E-state index contributed by atoms with van der Waals surface area (Å²) < 4.78 is 12.8. The quantitative estimate of drug-likeness (QED) is 0.862. The molecule has 2 rings (SSSR count). The van der Waals surface area contributed by atoms with Crippen molar-refractivity contribution in [3.05, 3.63) is 30.1 Å². The molecular weight excluding hydrogens is 215 g/mol. The molecule has 2 nitrogen and oxygen atoms in total. The highest BCUT2D eigenvalue weighted by atomic mass is 19.1. The van der Waals surface area contributed by atoms with Crippen LogP contribution in [-0.4, -0.2) is 5.54 Å². The molecule has 1 fully saturated rings. The average Bonchev–Trinajstić information content (AvgIpc) is 2.76. The Morgan fingerprint density at radius 2 is 2.18 bits per heavy atom. The molecule has 1 aromatic rings. The molecular formula is C14H17FN2. The Hall–Kier alpha value is -1.56. The first-order valence-corrected chi connectivity index (χ1v) is 6.12. The van der Waals surface area contributed by atoms with E-state index in [1.54, 1.807) is 12.1 Å². The summed E-state index contributed by atoms with van der Waals surface area (Å²) in [6.45, 7) is 2.16. The van der Waals surface area contributed by atoms with Crippen molar-refractivity contribution >= 4 is 5.69 Å². The lowest BCUT2D eigenvalue weighted by Gasteiger charge is -2.24. The zero-order valence-electron chi connectivity index (χ0n) is 10.0.